The Morgan fingerprint density at radius 1 is 1.03 bits per heavy atom. The second-order valence-electron chi connectivity index (χ2n) is 7.02. The minimum atomic E-state index is 0.670. The van der Waals surface area contributed by atoms with Crippen LogP contribution in [-0.2, 0) is 13.0 Å². The SMILES string of the molecule is COc1cccc(NC(=S)N(CCc2nc3ccccc3[nH]2)Cc2ccccc2)c1. The van der Waals surface area contributed by atoms with E-state index in [0.717, 1.165) is 47.8 Å². The van der Waals surface area contributed by atoms with Gasteiger partial charge in [0.25, 0.3) is 0 Å². The number of H-pyrrole nitrogens is 1. The van der Waals surface area contributed by atoms with Gasteiger partial charge in [0.1, 0.15) is 11.6 Å². The highest BCUT2D eigenvalue weighted by Crippen LogP contribution is 2.18. The maximum atomic E-state index is 5.76. The number of para-hydroxylation sites is 2. The molecule has 1 aromatic heterocycles. The molecule has 0 aliphatic heterocycles. The van der Waals surface area contributed by atoms with E-state index in [1.54, 1.807) is 7.11 Å². The van der Waals surface area contributed by atoms with E-state index >= 15 is 0 Å². The number of aromatic amines is 1. The summed E-state index contributed by atoms with van der Waals surface area (Å²) in [5, 5.41) is 4.02. The minimum Gasteiger partial charge on any atom is -0.497 e. The number of benzene rings is 3. The molecule has 0 atom stereocenters. The van der Waals surface area contributed by atoms with Crippen LogP contribution in [0.2, 0.25) is 0 Å². The number of nitrogens with zero attached hydrogens (tertiary/aromatic N) is 2. The molecule has 3 aromatic carbocycles. The van der Waals surface area contributed by atoms with Gasteiger partial charge in [0, 0.05) is 31.3 Å². The van der Waals surface area contributed by atoms with Crippen LogP contribution in [0.1, 0.15) is 11.4 Å². The van der Waals surface area contributed by atoms with Gasteiger partial charge in [0.15, 0.2) is 5.11 Å². The molecule has 5 nitrogen and oxygen atoms in total. The van der Waals surface area contributed by atoms with Crippen molar-refractivity contribution in [3.63, 3.8) is 0 Å². The molecule has 0 bridgehead atoms. The molecule has 4 rings (SSSR count). The lowest BCUT2D eigenvalue weighted by molar-refractivity contribution is 0.414. The largest absolute Gasteiger partial charge is 0.497 e. The van der Waals surface area contributed by atoms with Crippen LogP contribution in [-0.4, -0.2) is 33.6 Å². The zero-order valence-corrected chi connectivity index (χ0v) is 17.7. The van der Waals surface area contributed by atoms with Crippen LogP contribution in [0.4, 0.5) is 5.69 Å². The van der Waals surface area contributed by atoms with E-state index in [4.69, 9.17) is 21.9 Å². The van der Waals surface area contributed by atoms with Crippen molar-refractivity contribution in [2.75, 3.05) is 19.0 Å². The molecule has 0 amide bonds. The number of ether oxygens (including phenoxy) is 1. The first kappa shape index (κ1) is 19.9. The van der Waals surface area contributed by atoms with Crippen molar-refractivity contribution in [2.45, 2.75) is 13.0 Å². The summed E-state index contributed by atoms with van der Waals surface area (Å²) in [7, 11) is 1.66. The Bertz CT molecular complexity index is 1090. The lowest BCUT2D eigenvalue weighted by atomic mass is 10.2. The van der Waals surface area contributed by atoms with Crippen molar-refractivity contribution in [2.24, 2.45) is 0 Å². The van der Waals surface area contributed by atoms with E-state index in [1.807, 2.05) is 66.7 Å². The van der Waals surface area contributed by atoms with E-state index in [1.165, 1.54) is 5.56 Å². The van der Waals surface area contributed by atoms with Crippen LogP contribution in [0.15, 0.2) is 78.9 Å². The van der Waals surface area contributed by atoms with Gasteiger partial charge in [-0.25, -0.2) is 4.98 Å². The Hall–Kier alpha value is -3.38. The van der Waals surface area contributed by atoms with Crippen LogP contribution in [0, 0.1) is 0 Å². The molecular formula is C24H24N4OS. The third-order valence-electron chi connectivity index (χ3n) is 4.88. The molecule has 2 N–H and O–H groups in total. The van der Waals surface area contributed by atoms with Crippen LogP contribution in [0.5, 0.6) is 5.75 Å². The Labute approximate surface area is 181 Å². The fourth-order valence-electron chi connectivity index (χ4n) is 3.32. The summed E-state index contributed by atoms with van der Waals surface area (Å²) in [6.45, 7) is 1.46. The Kier molecular flexibility index (Phi) is 6.25. The van der Waals surface area contributed by atoms with Gasteiger partial charge in [-0.1, -0.05) is 48.5 Å². The van der Waals surface area contributed by atoms with Gasteiger partial charge < -0.3 is 19.9 Å². The number of hydrogen-bond acceptors (Lipinski definition) is 3. The summed E-state index contributed by atoms with van der Waals surface area (Å²) < 4.78 is 5.32. The number of hydrogen-bond donors (Lipinski definition) is 2. The predicted octanol–water partition coefficient (Wildman–Crippen LogP) is 5.01. The first-order valence-corrected chi connectivity index (χ1v) is 10.3. The topological polar surface area (TPSA) is 53.2 Å². The molecule has 0 aliphatic carbocycles. The number of imidazole rings is 1. The molecule has 0 spiro atoms. The zero-order valence-electron chi connectivity index (χ0n) is 16.8. The van der Waals surface area contributed by atoms with E-state index in [-0.39, 0.29) is 0 Å². The molecule has 1 heterocycles. The molecule has 0 radical (unpaired) electrons. The number of methoxy groups -OCH3 is 1. The molecule has 0 unspecified atom stereocenters. The number of nitrogens with one attached hydrogen (secondary N) is 2. The van der Waals surface area contributed by atoms with Gasteiger partial charge in [0.2, 0.25) is 0 Å². The normalized spacial score (nSPS) is 10.7. The molecule has 0 saturated heterocycles. The first-order valence-electron chi connectivity index (χ1n) is 9.89. The highest BCUT2D eigenvalue weighted by Gasteiger charge is 2.13. The number of thiocarbonyl (C=S) groups is 1. The van der Waals surface area contributed by atoms with E-state index in [9.17, 15) is 0 Å². The summed E-state index contributed by atoms with van der Waals surface area (Å²) in [5.74, 6) is 1.75. The number of anilines is 1. The standard InChI is InChI=1S/C24H24N4OS/c1-29-20-11-7-10-19(16-20)25-24(30)28(17-18-8-3-2-4-9-18)15-14-23-26-21-12-5-6-13-22(21)27-23/h2-13,16H,14-15,17H2,1H3,(H,25,30)(H,26,27). The molecule has 6 heteroatoms. The smallest absolute Gasteiger partial charge is 0.173 e. The molecule has 152 valence electrons. The number of rotatable bonds is 7. The van der Waals surface area contributed by atoms with Crippen LogP contribution in [0.3, 0.4) is 0 Å². The highest BCUT2D eigenvalue weighted by atomic mass is 32.1. The van der Waals surface area contributed by atoms with Crippen molar-refractivity contribution >= 4 is 34.1 Å². The van der Waals surface area contributed by atoms with Crippen molar-refractivity contribution < 1.29 is 4.74 Å². The van der Waals surface area contributed by atoms with E-state index in [0.29, 0.717) is 5.11 Å². The average Bonchev–Trinajstić information content (AvgIpc) is 3.20. The van der Waals surface area contributed by atoms with Gasteiger partial charge in [-0.05, 0) is 42.0 Å². The fraction of sp³-hybridized carbons (Fsp3) is 0.167. The summed E-state index contributed by atoms with van der Waals surface area (Å²) in [6.07, 6.45) is 0.765. The van der Waals surface area contributed by atoms with Crippen LogP contribution < -0.4 is 10.1 Å². The maximum Gasteiger partial charge on any atom is 0.173 e. The lowest BCUT2D eigenvalue weighted by Crippen LogP contribution is -2.36. The third-order valence-corrected chi connectivity index (χ3v) is 5.24. The molecule has 0 aliphatic rings. The zero-order chi connectivity index (χ0) is 20.8. The van der Waals surface area contributed by atoms with Gasteiger partial charge in [-0.15, -0.1) is 0 Å². The quantitative estimate of drug-likeness (QED) is 0.415. The average molecular weight is 417 g/mol. The van der Waals surface area contributed by atoms with Crippen molar-refractivity contribution in [1.29, 1.82) is 0 Å². The Balaban J connectivity index is 1.49. The monoisotopic (exact) mass is 416 g/mol. The van der Waals surface area contributed by atoms with Gasteiger partial charge in [-0.3, -0.25) is 0 Å². The highest BCUT2D eigenvalue weighted by molar-refractivity contribution is 7.80. The molecule has 30 heavy (non-hydrogen) atoms. The Morgan fingerprint density at radius 2 is 1.83 bits per heavy atom. The van der Waals surface area contributed by atoms with Gasteiger partial charge in [0.05, 0.1) is 18.1 Å². The lowest BCUT2D eigenvalue weighted by Gasteiger charge is -2.26. The van der Waals surface area contributed by atoms with E-state index < -0.39 is 0 Å². The molecule has 0 saturated carbocycles. The van der Waals surface area contributed by atoms with Gasteiger partial charge in [-0.2, -0.15) is 0 Å². The van der Waals surface area contributed by atoms with Crippen molar-refractivity contribution in [3.8, 4) is 5.75 Å². The number of aromatic nitrogens is 2. The summed E-state index contributed by atoms with van der Waals surface area (Å²) in [4.78, 5) is 10.3. The predicted molar refractivity (Wildman–Crippen MR) is 126 cm³/mol. The van der Waals surface area contributed by atoms with Gasteiger partial charge >= 0.3 is 0 Å². The second-order valence-corrected chi connectivity index (χ2v) is 7.41. The molecule has 0 fully saturated rings. The molecular weight excluding hydrogens is 392 g/mol. The van der Waals surface area contributed by atoms with E-state index in [2.05, 4.69) is 27.3 Å². The number of fused-ring (bicyclic) bond motifs is 1. The molecule has 4 aromatic rings. The minimum absolute atomic E-state index is 0.670. The Morgan fingerprint density at radius 3 is 2.63 bits per heavy atom. The van der Waals surface area contributed by atoms with Crippen LogP contribution >= 0.6 is 12.2 Å². The van der Waals surface area contributed by atoms with Crippen molar-refractivity contribution in [1.82, 2.24) is 14.9 Å². The fourth-order valence-corrected chi connectivity index (χ4v) is 3.60. The first-order chi connectivity index (χ1) is 14.7. The third kappa shape index (κ3) is 4.96. The summed E-state index contributed by atoms with van der Waals surface area (Å²) in [5.41, 5.74) is 4.15. The van der Waals surface area contributed by atoms with Crippen LogP contribution in [0.25, 0.3) is 11.0 Å². The summed E-state index contributed by atoms with van der Waals surface area (Å²) >= 11 is 5.76. The van der Waals surface area contributed by atoms with Crippen molar-refractivity contribution in [3.05, 3.63) is 90.3 Å². The second kappa shape index (κ2) is 9.41. The summed E-state index contributed by atoms with van der Waals surface area (Å²) in [6, 6.07) is 26.2. The maximum absolute atomic E-state index is 5.76.